The first kappa shape index (κ1) is 8.18. The summed E-state index contributed by atoms with van der Waals surface area (Å²) in [5.41, 5.74) is 2.61. The standard InChI is InChI=1S/C9H15N2/c1-4-9-5-6-11(3)7-10-8(9)2/h6-7H,4-5H2,1-3H3/q+1. The zero-order chi connectivity index (χ0) is 8.27. The molecule has 0 unspecified atom stereocenters. The Bertz CT molecular complexity index is 234. The molecule has 0 spiro atoms. The fourth-order valence-corrected chi connectivity index (χ4v) is 1.12. The maximum atomic E-state index is 4.31. The molecule has 11 heavy (non-hydrogen) atoms. The molecule has 0 atom stereocenters. The van der Waals surface area contributed by atoms with Gasteiger partial charge >= 0.3 is 0 Å². The van der Waals surface area contributed by atoms with Gasteiger partial charge in [0.25, 0.3) is 6.34 Å². The molecule has 60 valence electrons. The highest BCUT2D eigenvalue weighted by atomic mass is 15.0. The molecular formula is C9H15N2+. The Balaban J connectivity index is 2.87. The summed E-state index contributed by atoms with van der Waals surface area (Å²) in [6, 6.07) is 0. The van der Waals surface area contributed by atoms with E-state index in [-0.39, 0.29) is 0 Å². The molecule has 0 radical (unpaired) electrons. The van der Waals surface area contributed by atoms with Gasteiger partial charge in [0.15, 0.2) is 0 Å². The number of rotatable bonds is 1. The lowest BCUT2D eigenvalue weighted by atomic mass is 10.1. The summed E-state index contributed by atoms with van der Waals surface area (Å²) < 4.78 is 2.01. The van der Waals surface area contributed by atoms with E-state index in [1.807, 2.05) is 18.0 Å². The van der Waals surface area contributed by atoms with Crippen LogP contribution in [0.3, 0.4) is 0 Å². The molecule has 0 aliphatic carbocycles. The molecule has 0 aromatic rings. The zero-order valence-electron chi connectivity index (χ0n) is 7.46. The van der Waals surface area contributed by atoms with Crippen LogP contribution < -0.4 is 0 Å². The fraction of sp³-hybridized carbons (Fsp3) is 0.556. The average Bonchev–Trinajstić information content (AvgIpc) is 2.15. The van der Waals surface area contributed by atoms with Crippen LogP contribution in [0.25, 0.3) is 0 Å². The van der Waals surface area contributed by atoms with Crippen LogP contribution in [0.15, 0.2) is 16.3 Å². The molecule has 1 aliphatic rings. The van der Waals surface area contributed by atoms with Gasteiger partial charge in [-0.05, 0) is 12.0 Å². The first-order valence-corrected chi connectivity index (χ1v) is 4.02. The largest absolute Gasteiger partial charge is 0.285 e. The summed E-state index contributed by atoms with van der Waals surface area (Å²) in [6.07, 6.45) is 6.16. The Morgan fingerprint density at radius 1 is 1.64 bits per heavy atom. The topological polar surface area (TPSA) is 15.4 Å². The summed E-state index contributed by atoms with van der Waals surface area (Å²) in [7, 11) is 2.01. The minimum Gasteiger partial charge on any atom is -0.244 e. The summed E-state index contributed by atoms with van der Waals surface area (Å²) >= 11 is 0. The van der Waals surface area contributed by atoms with Crippen LogP contribution >= 0.6 is 0 Å². The molecule has 0 N–H and O–H groups in total. The van der Waals surface area contributed by atoms with Gasteiger partial charge in [-0.15, -0.1) is 0 Å². The van der Waals surface area contributed by atoms with Crippen LogP contribution in [0.4, 0.5) is 0 Å². The van der Waals surface area contributed by atoms with Crippen molar-refractivity contribution in [1.82, 2.24) is 0 Å². The normalized spacial score (nSPS) is 18.3. The lowest BCUT2D eigenvalue weighted by Gasteiger charge is -1.95. The molecule has 1 aliphatic heterocycles. The molecule has 2 nitrogen and oxygen atoms in total. The maximum absolute atomic E-state index is 4.31. The van der Waals surface area contributed by atoms with Gasteiger partial charge in [0.2, 0.25) is 0 Å². The van der Waals surface area contributed by atoms with Crippen molar-refractivity contribution in [1.29, 1.82) is 0 Å². The average molecular weight is 151 g/mol. The third-order valence-corrected chi connectivity index (χ3v) is 2.00. The molecule has 0 aromatic heterocycles. The van der Waals surface area contributed by atoms with E-state index in [1.54, 1.807) is 0 Å². The van der Waals surface area contributed by atoms with E-state index in [9.17, 15) is 0 Å². The van der Waals surface area contributed by atoms with Crippen LogP contribution in [0.2, 0.25) is 0 Å². The smallest absolute Gasteiger partial charge is 0.244 e. The summed E-state index contributed by atoms with van der Waals surface area (Å²) in [6.45, 7) is 4.25. The Morgan fingerprint density at radius 2 is 2.36 bits per heavy atom. The minimum atomic E-state index is 1.04. The van der Waals surface area contributed by atoms with Gasteiger partial charge in [-0.2, -0.15) is 0 Å². The lowest BCUT2D eigenvalue weighted by Crippen LogP contribution is -2.01. The minimum absolute atomic E-state index is 1.04. The van der Waals surface area contributed by atoms with Gasteiger partial charge in [-0.25, -0.2) is 4.58 Å². The second kappa shape index (κ2) is 3.46. The number of allylic oxidation sites excluding steroid dienone is 2. The van der Waals surface area contributed by atoms with Crippen molar-refractivity contribution in [3.8, 4) is 0 Å². The number of hydrogen-bond donors (Lipinski definition) is 0. The van der Waals surface area contributed by atoms with Crippen LogP contribution in [0, 0.1) is 0 Å². The quantitative estimate of drug-likeness (QED) is 0.508. The Morgan fingerprint density at radius 3 is 3.00 bits per heavy atom. The maximum Gasteiger partial charge on any atom is 0.285 e. The fourth-order valence-electron chi connectivity index (χ4n) is 1.12. The highest BCUT2D eigenvalue weighted by Gasteiger charge is 2.06. The van der Waals surface area contributed by atoms with E-state index < -0.39 is 0 Å². The molecule has 0 bridgehead atoms. The van der Waals surface area contributed by atoms with Gasteiger partial charge < -0.3 is 0 Å². The monoisotopic (exact) mass is 151 g/mol. The second-order valence-corrected chi connectivity index (χ2v) is 2.84. The predicted octanol–water partition coefficient (Wildman–Crippen LogP) is 1.82. The third-order valence-electron chi connectivity index (χ3n) is 2.00. The molecule has 1 rings (SSSR count). The second-order valence-electron chi connectivity index (χ2n) is 2.84. The van der Waals surface area contributed by atoms with Crippen molar-refractivity contribution >= 4 is 12.6 Å². The van der Waals surface area contributed by atoms with Crippen LogP contribution in [0.5, 0.6) is 0 Å². The van der Waals surface area contributed by atoms with Crippen molar-refractivity contribution in [2.24, 2.45) is 4.99 Å². The SMILES string of the molecule is CCC1=C(C)N=C[N+](C)=CC1. The lowest BCUT2D eigenvalue weighted by molar-refractivity contribution is -0.355. The number of nitrogens with zero attached hydrogens (tertiary/aromatic N) is 2. The van der Waals surface area contributed by atoms with Crippen LogP contribution in [-0.2, 0) is 0 Å². The molecular weight excluding hydrogens is 136 g/mol. The van der Waals surface area contributed by atoms with Gasteiger partial charge in [0, 0.05) is 13.3 Å². The Labute approximate surface area is 68.0 Å². The summed E-state index contributed by atoms with van der Waals surface area (Å²) in [5.74, 6) is 0. The van der Waals surface area contributed by atoms with E-state index in [0.717, 1.165) is 12.8 Å². The molecule has 0 saturated heterocycles. The van der Waals surface area contributed by atoms with Gasteiger partial charge in [0.1, 0.15) is 5.70 Å². The summed E-state index contributed by atoms with van der Waals surface area (Å²) in [5, 5.41) is 0. The molecule has 0 fully saturated rings. The number of aliphatic imine (C=N–C) groups is 1. The van der Waals surface area contributed by atoms with Crippen molar-refractivity contribution in [2.45, 2.75) is 26.7 Å². The molecule has 1 heterocycles. The van der Waals surface area contributed by atoms with Gasteiger partial charge in [-0.1, -0.05) is 11.9 Å². The summed E-state index contributed by atoms with van der Waals surface area (Å²) in [4.78, 5) is 4.31. The number of hydrogen-bond acceptors (Lipinski definition) is 1. The van der Waals surface area contributed by atoms with E-state index in [1.165, 1.54) is 11.3 Å². The zero-order valence-corrected chi connectivity index (χ0v) is 7.46. The Kier molecular flexibility index (Phi) is 2.58. The van der Waals surface area contributed by atoms with Crippen molar-refractivity contribution in [3.63, 3.8) is 0 Å². The molecule has 0 aromatic carbocycles. The van der Waals surface area contributed by atoms with E-state index >= 15 is 0 Å². The van der Waals surface area contributed by atoms with Gasteiger partial charge in [-0.3, -0.25) is 0 Å². The molecule has 0 saturated carbocycles. The van der Waals surface area contributed by atoms with Crippen LogP contribution in [0.1, 0.15) is 26.7 Å². The van der Waals surface area contributed by atoms with Crippen molar-refractivity contribution < 1.29 is 4.58 Å². The predicted molar refractivity (Wildman–Crippen MR) is 48.3 cm³/mol. The van der Waals surface area contributed by atoms with E-state index in [4.69, 9.17) is 0 Å². The highest BCUT2D eigenvalue weighted by Crippen LogP contribution is 2.13. The van der Waals surface area contributed by atoms with Crippen molar-refractivity contribution in [2.75, 3.05) is 7.05 Å². The van der Waals surface area contributed by atoms with E-state index in [0.29, 0.717) is 0 Å². The molecule has 2 heteroatoms. The van der Waals surface area contributed by atoms with Crippen LogP contribution in [-0.4, -0.2) is 24.2 Å². The highest BCUT2D eigenvalue weighted by molar-refractivity contribution is 5.64. The first-order valence-electron chi connectivity index (χ1n) is 4.02. The first-order chi connectivity index (χ1) is 5.24. The van der Waals surface area contributed by atoms with E-state index in [2.05, 4.69) is 25.1 Å². The molecule has 0 amide bonds. The Hall–Kier alpha value is -0.920. The third kappa shape index (κ3) is 2.00. The van der Waals surface area contributed by atoms with Crippen molar-refractivity contribution in [3.05, 3.63) is 11.3 Å². The van der Waals surface area contributed by atoms with Gasteiger partial charge in [0.05, 0.1) is 13.3 Å².